The molecule has 18 heavy (non-hydrogen) atoms. The van der Waals surface area contributed by atoms with Crippen molar-refractivity contribution in [2.75, 3.05) is 13.2 Å². The first kappa shape index (κ1) is 12.6. The molecule has 0 atom stereocenters. The Kier molecular flexibility index (Phi) is 3.94. The molecule has 1 aromatic rings. The van der Waals surface area contributed by atoms with Gasteiger partial charge in [0.25, 0.3) is 5.78 Å². The molecule has 1 saturated heterocycles. The van der Waals surface area contributed by atoms with Crippen LogP contribution < -0.4 is 4.74 Å². The standard InChI is InChI=1S/C13H14O5/c14-12(13(15)16)10-3-1-2-4-11(10)18-9-5-7-17-8-6-9/h1-4,9H,5-8H2,(H,15,16). The van der Waals surface area contributed by atoms with E-state index in [4.69, 9.17) is 14.6 Å². The minimum Gasteiger partial charge on any atom is -0.489 e. The Morgan fingerprint density at radius 1 is 1.22 bits per heavy atom. The monoisotopic (exact) mass is 250 g/mol. The molecule has 1 fully saturated rings. The van der Waals surface area contributed by atoms with Gasteiger partial charge in [-0.1, -0.05) is 12.1 Å². The quantitative estimate of drug-likeness (QED) is 0.647. The minimum absolute atomic E-state index is 0.0264. The highest BCUT2D eigenvalue weighted by Crippen LogP contribution is 2.23. The van der Waals surface area contributed by atoms with Crippen LogP contribution in [0.3, 0.4) is 0 Å². The van der Waals surface area contributed by atoms with Crippen LogP contribution in [0.1, 0.15) is 23.2 Å². The number of hydrogen-bond donors (Lipinski definition) is 1. The summed E-state index contributed by atoms with van der Waals surface area (Å²) in [6.07, 6.45) is 1.46. The smallest absolute Gasteiger partial charge is 0.377 e. The average molecular weight is 250 g/mol. The molecule has 1 aromatic carbocycles. The molecular weight excluding hydrogens is 236 g/mol. The van der Waals surface area contributed by atoms with E-state index in [1.54, 1.807) is 18.2 Å². The normalized spacial score (nSPS) is 16.2. The van der Waals surface area contributed by atoms with Crippen LogP contribution in [0.2, 0.25) is 0 Å². The van der Waals surface area contributed by atoms with Crippen molar-refractivity contribution in [1.82, 2.24) is 0 Å². The summed E-state index contributed by atoms with van der Waals surface area (Å²) in [5, 5.41) is 8.74. The largest absolute Gasteiger partial charge is 0.489 e. The van der Waals surface area contributed by atoms with Gasteiger partial charge in [-0.3, -0.25) is 4.79 Å². The number of rotatable bonds is 4. The number of benzene rings is 1. The maximum atomic E-state index is 11.5. The highest BCUT2D eigenvalue weighted by Gasteiger charge is 2.22. The summed E-state index contributed by atoms with van der Waals surface area (Å²) >= 11 is 0. The van der Waals surface area contributed by atoms with E-state index in [2.05, 4.69) is 0 Å². The number of ether oxygens (including phenoxy) is 2. The zero-order chi connectivity index (χ0) is 13.0. The van der Waals surface area contributed by atoms with Crippen molar-refractivity contribution >= 4 is 11.8 Å². The molecule has 2 rings (SSSR count). The highest BCUT2D eigenvalue weighted by molar-refractivity contribution is 6.40. The van der Waals surface area contributed by atoms with Crippen LogP contribution >= 0.6 is 0 Å². The maximum absolute atomic E-state index is 11.5. The fourth-order valence-electron chi connectivity index (χ4n) is 1.85. The Balaban J connectivity index is 2.16. The average Bonchev–Trinajstić information content (AvgIpc) is 2.39. The van der Waals surface area contributed by atoms with E-state index in [9.17, 15) is 9.59 Å². The lowest BCUT2D eigenvalue weighted by atomic mass is 10.1. The van der Waals surface area contributed by atoms with Crippen LogP contribution in [0.15, 0.2) is 24.3 Å². The van der Waals surface area contributed by atoms with Gasteiger partial charge in [-0.15, -0.1) is 0 Å². The van der Waals surface area contributed by atoms with E-state index in [0.717, 1.165) is 12.8 Å². The number of para-hydroxylation sites is 1. The molecular formula is C13H14O5. The molecule has 0 bridgehead atoms. The predicted octanol–water partition coefficient (Wildman–Crippen LogP) is 1.51. The molecule has 0 radical (unpaired) electrons. The van der Waals surface area contributed by atoms with Gasteiger partial charge in [0.1, 0.15) is 11.9 Å². The molecule has 0 unspecified atom stereocenters. The zero-order valence-corrected chi connectivity index (χ0v) is 9.80. The van der Waals surface area contributed by atoms with Crippen LogP contribution in [0, 0.1) is 0 Å². The van der Waals surface area contributed by atoms with E-state index < -0.39 is 11.8 Å². The second-order valence-corrected chi connectivity index (χ2v) is 4.06. The molecule has 0 spiro atoms. The van der Waals surface area contributed by atoms with Crippen molar-refractivity contribution in [3.63, 3.8) is 0 Å². The number of carboxylic acids is 1. The summed E-state index contributed by atoms with van der Waals surface area (Å²) in [6, 6.07) is 6.41. The third-order valence-corrected chi connectivity index (χ3v) is 2.79. The first-order chi connectivity index (χ1) is 8.68. The van der Waals surface area contributed by atoms with Crippen molar-refractivity contribution in [3.8, 4) is 5.75 Å². The van der Waals surface area contributed by atoms with Gasteiger partial charge >= 0.3 is 5.97 Å². The van der Waals surface area contributed by atoms with Gasteiger partial charge in [0, 0.05) is 12.8 Å². The number of aliphatic carboxylic acids is 1. The number of hydrogen-bond acceptors (Lipinski definition) is 4. The summed E-state index contributed by atoms with van der Waals surface area (Å²) in [6.45, 7) is 1.25. The van der Waals surface area contributed by atoms with Gasteiger partial charge in [0.15, 0.2) is 0 Å². The molecule has 1 N–H and O–H groups in total. The number of carbonyl (C=O) groups is 2. The summed E-state index contributed by atoms with van der Waals surface area (Å²) in [5.74, 6) is -2.09. The first-order valence-electron chi connectivity index (χ1n) is 5.79. The number of Topliss-reactive ketones (excluding diaryl/α,β-unsaturated/α-hetero) is 1. The second-order valence-electron chi connectivity index (χ2n) is 4.06. The Labute approximate surface area is 104 Å². The molecule has 0 saturated carbocycles. The predicted molar refractivity (Wildman–Crippen MR) is 62.9 cm³/mol. The van der Waals surface area contributed by atoms with Gasteiger partial charge in [0.05, 0.1) is 18.8 Å². The van der Waals surface area contributed by atoms with Crippen molar-refractivity contribution in [1.29, 1.82) is 0 Å². The lowest BCUT2D eigenvalue weighted by Crippen LogP contribution is -2.27. The molecule has 1 heterocycles. The Morgan fingerprint density at radius 3 is 2.56 bits per heavy atom. The van der Waals surface area contributed by atoms with Crippen LogP contribution in [0.5, 0.6) is 5.75 Å². The molecule has 1 aliphatic heterocycles. The number of carboxylic acid groups (broad SMARTS) is 1. The van der Waals surface area contributed by atoms with Crippen LogP contribution in [-0.4, -0.2) is 36.2 Å². The number of carbonyl (C=O) groups excluding carboxylic acids is 1. The lowest BCUT2D eigenvalue weighted by molar-refractivity contribution is -0.131. The van der Waals surface area contributed by atoms with Gasteiger partial charge < -0.3 is 14.6 Å². The number of ketones is 1. The fourth-order valence-corrected chi connectivity index (χ4v) is 1.85. The molecule has 5 nitrogen and oxygen atoms in total. The van der Waals surface area contributed by atoms with Crippen LogP contribution in [0.25, 0.3) is 0 Å². The summed E-state index contributed by atoms with van der Waals surface area (Å²) < 4.78 is 10.9. The molecule has 5 heteroatoms. The minimum atomic E-state index is -1.47. The van der Waals surface area contributed by atoms with Crippen molar-refractivity contribution in [3.05, 3.63) is 29.8 Å². The van der Waals surface area contributed by atoms with E-state index in [0.29, 0.717) is 19.0 Å². The zero-order valence-electron chi connectivity index (χ0n) is 9.80. The van der Waals surface area contributed by atoms with E-state index in [1.807, 2.05) is 0 Å². The van der Waals surface area contributed by atoms with Crippen LogP contribution in [-0.2, 0) is 9.53 Å². The third-order valence-electron chi connectivity index (χ3n) is 2.79. The third kappa shape index (κ3) is 2.87. The fraction of sp³-hybridized carbons (Fsp3) is 0.385. The van der Waals surface area contributed by atoms with Crippen LogP contribution in [0.4, 0.5) is 0 Å². The first-order valence-corrected chi connectivity index (χ1v) is 5.79. The van der Waals surface area contributed by atoms with Gasteiger partial charge in [-0.2, -0.15) is 0 Å². The second kappa shape index (κ2) is 5.64. The van der Waals surface area contributed by atoms with E-state index in [-0.39, 0.29) is 11.7 Å². The van der Waals surface area contributed by atoms with Gasteiger partial charge in [-0.05, 0) is 12.1 Å². The molecule has 1 aliphatic rings. The molecule has 0 amide bonds. The highest BCUT2D eigenvalue weighted by atomic mass is 16.5. The van der Waals surface area contributed by atoms with E-state index >= 15 is 0 Å². The van der Waals surface area contributed by atoms with Gasteiger partial charge in [0.2, 0.25) is 0 Å². The molecule has 0 aromatic heterocycles. The van der Waals surface area contributed by atoms with Crippen molar-refractivity contribution in [2.24, 2.45) is 0 Å². The molecule has 0 aliphatic carbocycles. The summed E-state index contributed by atoms with van der Waals surface area (Å²) in [5.41, 5.74) is 0.0940. The van der Waals surface area contributed by atoms with Crippen molar-refractivity contribution in [2.45, 2.75) is 18.9 Å². The maximum Gasteiger partial charge on any atom is 0.377 e. The summed E-state index contributed by atoms with van der Waals surface area (Å²) in [7, 11) is 0. The lowest BCUT2D eigenvalue weighted by Gasteiger charge is -2.24. The Hall–Kier alpha value is -1.88. The summed E-state index contributed by atoms with van der Waals surface area (Å²) in [4.78, 5) is 22.2. The SMILES string of the molecule is O=C(O)C(=O)c1ccccc1OC1CCOCC1. The van der Waals surface area contributed by atoms with Crippen molar-refractivity contribution < 1.29 is 24.2 Å². The van der Waals surface area contributed by atoms with Gasteiger partial charge in [-0.25, -0.2) is 4.79 Å². The molecule has 96 valence electrons. The van der Waals surface area contributed by atoms with E-state index in [1.165, 1.54) is 6.07 Å². The Bertz CT molecular complexity index is 448. The Morgan fingerprint density at radius 2 is 1.89 bits per heavy atom. The topological polar surface area (TPSA) is 72.8 Å².